The van der Waals surface area contributed by atoms with Gasteiger partial charge in [0, 0.05) is 0 Å². The fourth-order valence-electron chi connectivity index (χ4n) is 1.63. The molecule has 0 spiro atoms. The third kappa shape index (κ3) is 2.95. The molecule has 0 amide bonds. The van der Waals surface area contributed by atoms with Gasteiger partial charge in [-0.05, 0) is 35.3 Å². The topological polar surface area (TPSA) is 0 Å². The van der Waals surface area contributed by atoms with Crippen LogP contribution in [0.15, 0.2) is 30.3 Å². The van der Waals surface area contributed by atoms with Gasteiger partial charge in [0.15, 0.2) is 0 Å². The molecular weight excluding hydrogens is 180 g/mol. The van der Waals surface area contributed by atoms with Crippen LogP contribution in [-0.4, -0.2) is 0 Å². The minimum absolute atomic E-state index is 0.263. The van der Waals surface area contributed by atoms with Crippen LogP contribution in [0.1, 0.15) is 44.7 Å². The molecule has 0 nitrogen and oxygen atoms in total. The van der Waals surface area contributed by atoms with Gasteiger partial charge in [-0.15, -0.1) is 0 Å². The molecule has 0 atom stereocenters. The first-order valence-electron chi connectivity index (χ1n) is 5.84. The zero-order valence-electron chi connectivity index (χ0n) is 9.96. The van der Waals surface area contributed by atoms with Crippen molar-refractivity contribution in [2.24, 2.45) is 5.92 Å². The van der Waals surface area contributed by atoms with Crippen LogP contribution in [0.25, 0.3) is 6.08 Å². The van der Waals surface area contributed by atoms with Gasteiger partial charge in [0.05, 0.1) is 0 Å². The molecule has 2 rings (SSSR count). The lowest BCUT2D eigenvalue weighted by atomic mass is 9.87. The molecule has 0 unspecified atom stereocenters. The largest absolute Gasteiger partial charge is 0.0808 e. The lowest BCUT2D eigenvalue weighted by Gasteiger charge is -2.18. The Morgan fingerprint density at radius 2 is 1.67 bits per heavy atom. The van der Waals surface area contributed by atoms with Crippen LogP contribution in [0, 0.1) is 5.92 Å². The van der Waals surface area contributed by atoms with E-state index in [2.05, 4.69) is 57.2 Å². The molecule has 1 aromatic rings. The number of allylic oxidation sites excluding steroid dienone is 1. The molecule has 1 aliphatic rings. The Morgan fingerprint density at radius 3 is 2.13 bits per heavy atom. The summed E-state index contributed by atoms with van der Waals surface area (Å²) in [4.78, 5) is 0. The van der Waals surface area contributed by atoms with Crippen molar-refractivity contribution >= 4 is 6.08 Å². The highest BCUT2D eigenvalue weighted by Crippen LogP contribution is 2.31. The second kappa shape index (κ2) is 3.84. The average molecular weight is 200 g/mol. The van der Waals surface area contributed by atoms with Crippen molar-refractivity contribution in [1.82, 2.24) is 0 Å². The Morgan fingerprint density at radius 1 is 1.07 bits per heavy atom. The second-order valence-corrected chi connectivity index (χ2v) is 5.57. The van der Waals surface area contributed by atoms with Gasteiger partial charge in [-0.25, -0.2) is 0 Å². The summed E-state index contributed by atoms with van der Waals surface area (Å²) < 4.78 is 0. The monoisotopic (exact) mass is 200 g/mol. The van der Waals surface area contributed by atoms with Crippen LogP contribution in [0.2, 0.25) is 0 Å². The predicted octanol–water partition coefficient (Wildman–Crippen LogP) is 4.41. The number of hydrogen-bond donors (Lipinski definition) is 0. The van der Waals surface area contributed by atoms with Gasteiger partial charge in [0.1, 0.15) is 0 Å². The number of hydrogen-bond acceptors (Lipinski definition) is 0. The molecule has 0 radical (unpaired) electrons. The van der Waals surface area contributed by atoms with Crippen LogP contribution >= 0.6 is 0 Å². The summed E-state index contributed by atoms with van der Waals surface area (Å²) in [6, 6.07) is 8.93. The van der Waals surface area contributed by atoms with Crippen molar-refractivity contribution in [2.45, 2.75) is 39.0 Å². The molecule has 0 aromatic heterocycles. The third-order valence-electron chi connectivity index (χ3n) is 2.96. The number of rotatable bonds is 2. The van der Waals surface area contributed by atoms with E-state index < -0.39 is 0 Å². The molecule has 0 bridgehead atoms. The van der Waals surface area contributed by atoms with E-state index in [0.717, 1.165) is 5.92 Å². The first-order valence-corrected chi connectivity index (χ1v) is 5.84. The molecule has 0 heterocycles. The highest BCUT2D eigenvalue weighted by atomic mass is 14.2. The highest BCUT2D eigenvalue weighted by molar-refractivity contribution is 5.50. The van der Waals surface area contributed by atoms with E-state index in [9.17, 15) is 0 Å². The lowest BCUT2D eigenvalue weighted by Crippen LogP contribution is -2.10. The summed E-state index contributed by atoms with van der Waals surface area (Å²) in [5.41, 5.74) is 3.00. The first-order chi connectivity index (χ1) is 7.05. The molecule has 0 heteroatoms. The van der Waals surface area contributed by atoms with Crippen molar-refractivity contribution < 1.29 is 0 Å². The Bertz CT molecular complexity index is 345. The van der Waals surface area contributed by atoms with Gasteiger partial charge in [0.25, 0.3) is 0 Å². The molecule has 1 aromatic carbocycles. The van der Waals surface area contributed by atoms with Crippen molar-refractivity contribution in [3.05, 3.63) is 41.5 Å². The van der Waals surface area contributed by atoms with Crippen molar-refractivity contribution in [2.75, 3.05) is 0 Å². The maximum absolute atomic E-state index is 2.34. The third-order valence-corrected chi connectivity index (χ3v) is 2.96. The summed E-state index contributed by atoms with van der Waals surface area (Å²) in [6.07, 6.45) is 7.36. The summed E-state index contributed by atoms with van der Waals surface area (Å²) in [7, 11) is 0. The zero-order valence-corrected chi connectivity index (χ0v) is 9.96. The smallest absolute Gasteiger partial charge is 0.0132 e. The standard InChI is InChI=1S/C15H20/c1-15(2,3)14-10-8-13(9-11-14)7-6-12-4-5-12/h6-12H,4-5H2,1-3H3/b7-6+. The molecule has 80 valence electrons. The zero-order chi connectivity index (χ0) is 10.9. The maximum Gasteiger partial charge on any atom is -0.0132 e. The normalized spacial score (nSPS) is 17.3. The van der Waals surface area contributed by atoms with E-state index in [1.165, 1.54) is 24.0 Å². The van der Waals surface area contributed by atoms with Crippen LogP contribution in [0.4, 0.5) is 0 Å². The van der Waals surface area contributed by atoms with Gasteiger partial charge in [-0.1, -0.05) is 57.2 Å². The average Bonchev–Trinajstić information content (AvgIpc) is 2.97. The molecule has 1 saturated carbocycles. The van der Waals surface area contributed by atoms with E-state index in [-0.39, 0.29) is 5.41 Å². The summed E-state index contributed by atoms with van der Waals surface area (Å²) >= 11 is 0. The molecule has 15 heavy (non-hydrogen) atoms. The van der Waals surface area contributed by atoms with E-state index in [0.29, 0.717) is 0 Å². The fourth-order valence-corrected chi connectivity index (χ4v) is 1.63. The Hall–Kier alpha value is -1.04. The summed E-state index contributed by atoms with van der Waals surface area (Å²) in [5.74, 6) is 0.868. The van der Waals surface area contributed by atoms with E-state index in [4.69, 9.17) is 0 Å². The maximum atomic E-state index is 2.34. The Kier molecular flexibility index (Phi) is 2.68. The van der Waals surface area contributed by atoms with Crippen LogP contribution < -0.4 is 0 Å². The van der Waals surface area contributed by atoms with Gasteiger partial charge < -0.3 is 0 Å². The van der Waals surface area contributed by atoms with Crippen molar-refractivity contribution in [3.8, 4) is 0 Å². The van der Waals surface area contributed by atoms with Gasteiger partial charge in [-0.3, -0.25) is 0 Å². The fraction of sp³-hybridized carbons (Fsp3) is 0.467. The highest BCUT2D eigenvalue weighted by Gasteiger charge is 2.17. The minimum atomic E-state index is 0.263. The van der Waals surface area contributed by atoms with Crippen molar-refractivity contribution in [3.63, 3.8) is 0 Å². The molecule has 1 aliphatic carbocycles. The van der Waals surface area contributed by atoms with Crippen molar-refractivity contribution in [1.29, 1.82) is 0 Å². The second-order valence-electron chi connectivity index (χ2n) is 5.57. The number of benzene rings is 1. The molecule has 1 fully saturated rings. The molecule has 0 saturated heterocycles. The Balaban J connectivity index is 2.09. The summed E-state index contributed by atoms with van der Waals surface area (Å²) in [5, 5.41) is 0. The van der Waals surface area contributed by atoms with E-state index in [1.54, 1.807) is 0 Å². The van der Waals surface area contributed by atoms with Crippen LogP contribution in [-0.2, 0) is 5.41 Å². The SMILES string of the molecule is CC(C)(C)c1ccc(/C=C/C2CC2)cc1. The first kappa shape index (κ1) is 10.5. The molecular formula is C15H20. The quantitative estimate of drug-likeness (QED) is 0.663. The lowest BCUT2D eigenvalue weighted by molar-refractivity contribution is 0.590. The van der Waals surface area contributed by atoms with Gasteiger partial charge >= 0.3 is 0 Å². The minimum Gasteiger partial charge on any atom is -0.0808 e. The van der Waals surface area contributed by atoms with Crippen LogP contribution in [0.5, 0.6) is 0 Å². The Labute approximate surface area is 93.0 Å². The van der Waals surface area contributed by atoms with Crippen LogP contribution in [0.3, 0.4) is 0 Å². The van der Waals surface area contributed by atoms with E-state index >= 15 is 0 Å². The summed E-state index contributed by atoms with van der Waals surface area (Å²) in [6.45, 7) is 6.76. The van der Waals surface area contributed by atoms with Gasteiger partial charge in [-0.2, -0.15) is 0 Å². The predicted molar refractivity (Wildman–Crippen MR) is 66.9 cm³/mol. The molecule has 0 N–H and O–H groups in total. The van der Waals surface area contributed by atoms with E-state index in [1.807, 2.05) is 0 Å². The van der Waals surface area contributed by atoms with Gasteiger partial charge in [0.2, 0.25) is 0 Å². The molecule has 0 aliphatic heterocycles.